The Morgan fingerprint density at radius 1 is 1.19 bits per heavy atom. The number of aromatic amines is 1. The van der Waals surface area contributed by atoms with Crippen molar-refractivity contribution in [3.8, 4) is 11.4 Å². The number of furan rings is 1. The highest BCUT2D eigenvalue weighted by atomic mass is 35.5. The molecule has 0 aliphatic carbocycles. The van der Waals surface area contributed by atoms with Gasteiger partial charge in [0.2, 0.25) is 5.91 Å². The van der Waals surface area contributed by atoms with Gasteiger partial charge in [0, 0.05) is 30.8 Å². The molecule has 36 heavy (non-hydrogen) atoms. The summed E-state index contributed by atoms with van der Waals surface area (Å²) in [5.41, 5.74) is 2.56. The Morgan fingerprint density at radius 2 is 2.06 bits per heavy atom. The number of benzene rings is 1. The number of imidazole rings is 1. The average molecular weight is 509 g/mol. The Bertz CT molecular complexity index is 1450. The molecule has 3 amide bonds. The first-order chi connectivity index (χ1) is 17.4. The van der Waals surface area contributed by atoms with Crippen molar-refractivity contribution in [2.24, 2.45) is 5.92 Å². The van der Waals surface area contributed by atoms with Crippen molar-refractivity contribution in [2.45, 2.75) is 12.8 Å². The minimum Gasteiger partial charge on any atom is -0.465 e. The third-order valence-corrected chi connectivity index (χ3v) is 6.21. The molecule has 4 aromatic rings. The van der Waals surface area contributed by atoms with E-state index in [1.54, 1.807) is 36.4 Å². The molecule has 5 rings (SSSR count). The molecule has 0 radical (unpaired) electrons. The number of likely N-dealkylation sites (tertiary alicyclic amines) is 1. The first kappa shape index (κ1) is 23.4. The highest BCUT2D eigenvalue weighted by Crippen LogP contribution is 2.31. The van der Waals surface area contributed by atoms with E-state index in [9.17, 15) is 14.4 Å². The van der Waals surface area contributed by atoms with E-state index in [2.05, 4.69) is 25.6 Å². The van der Waals surface area contributed by atoms with Crippen molar-refractivity contribution in [3.63, 3.8) is 0 Å². The van der Waals surface area contributed by atoms with Gasteiger partial charge in [-0.05, 0) is 48.7 Å². The summed E-state index contributed by atoms with van der Waals surface area (Å²) in [4.78, 5) is 49.1. The van der Waals surface area contributed by atoms with Crippen LogP contribution in [0, 0.1) is 5.92 Å². The summed E-state index contributed by atoms with van der Waals surface area (Å²) in [5.74, 6) is 0.00422. The molecule has 0 unspecified atom stereocenters. The fourth-order valence-electron chi connectivity index (χ4n) is 4.13. The Hall–Kier alpha value is -4.38. The molecule has 0 spiro atoms. The third kappa shape index (κ3) is 5.01. The lowest BCUT2D eigenvalue weighted by Gasteiger charge is -2.12. The van der Waals surface area contributed by atoms with Crippen molar-refractivity contribution >= 4 is 52.0 Å². The average Bonchev–Trinajstić information content (AvgIpc) is 3.61. The van der Waals surface area contributed by atoms with Gasteiger partial charge in [0.1, 0.15) is 5.82 Å². The summed E-state index contributed by atoms with van der Waals surface area (Å²) >= 11 is 6.40. The normalized spacial score (nSPS) is 15.2. The Labute approximate surface area is 209 Å². The molecule has 0 saturated carbocycles. The van der Waals surface area contributed by atoms with Crippen LogP contribution in [0.15, 0.2) is 53.3 Å². The smallest absolute Gasteiger partial charge is 0.407 e. The van der Waals surface area contributed by atoms with Crippen LogP contribution >= 0.6 is 11.6 Å². The van der Waals surface area contributed by atoms with E-state index < -0.39 is 12.0 Å². The Morgan fingerprint density at radius 3 is 2.81 bits per heavy atom. The van der Waals surface area contributed by atoms with Crippen molar-refractivity contribution in [3.05, 3.63) is 59.6 Å². The molecule has 4 heterocycles. The van der Waals surface area contributed by atoms with Crippen LogP contribution in [0.25, 0.3) is 22.6 Å². The van der Waals surface area contributed by atoms with Gasteiger partial charge in [-0.2, -0.15) is 0 Å². The summed E-state index contributed by atoms with van der Waals surface area (Å²) in [5, 5.41) is 15.1. The number of nitrogens with zero attached hydrogens (tertiary/aromatic N) is 3. The predicted octanol–water partition coefficient (Wildman–Crippen LogP) is 4.45. The summed E-state index contributed by atoms with van der Waals surface area (Å²) in [6.45, 7) is 0.791. The lowest BCUT2D eigenvalue weighted by Crippen LogP contribution is -2.27. The van der Waals surface area contributed by atoms with Gasteiger partial charge in [0.25, 0.3) is 5.91 Å². The molecule has 11 nitrogen and oxygen atoms in total. The van der Waals surface area contributed by atoms with Gasteiger partial charge in [-0.1, -0.05) is 11.6 Å². The first-order valence-electron chi connectivity index (χ1n) is 11.1. The van der Waals surface area contributed by atoms with Gasteiger partial charge in [-0.3, -0.25) is 9.59 Å². The number of nitrogens with one attached hydrogen (secondary N) is 3. The summed E-state index contributed by atoms with van der Waals surface area (Å²) in [6, 6.07) is 9.90. The van der Waals surface area contributed by atoms with E-state index in [0.29, 0.717) is 58.5 Å². The van der Waals surface area contributed by atoms with E-state index in [4.69, 9.17) is 21.1 Å². The Kier molecular flexibility index (Phi) is 6.30. The predicted molar refractivity (Wildman–Crippen MR) is 132 cm³/mol. The van der Waals surface area contributed by atoms with Crippen LogP contribution in [0.2, 0.25) is 5.02 Å². The number of hydrogen-bond acceptors (Lipinski definition) is 6. The molecule has 0 bridgehead atoms. The zero-order chi connectivity index (χ0) is 25.2. The number of carbonyl (C=O) groups is 3. The van der Waals surface area contributed by atoms with Crippen molar-refractivity contribution in [2.75, 3.05) is 23.7 Å². The van der Waals surface area contributed by atoms with E-state index in [-0.39, 0.29) is 24.0 Å². The second-order valence-electron chi connectivity index (χ2n) is 8.44. The number of aromatic nitrogens is 3. The van der Waals surface area contributed by atoms with Gasteiger partial charge < -0.3 is 30.0 Å². The number of rotatable bonds is 6. The van der Waals surface area contributed by atoms with Crippen molar-refractivity contribution in [1.29, 1.82) is 0 Å². The maximum absolute atomic E-state index is 12.5. The number of halogens is 1. The fourth-order valence-corrected chi connectivity index (χ4v) is 4.34. The molecular weight excluding hydrogens is 488 g/mol. The van der Waals surface area contributed by atoms with E-state index in [1.165, 1.54) is 17.4 Å². The topological polar surface area (TPSA) is 153 Å². The van der Waals surface area contributed by atoms with Crippen molar-refractivity contribution < 1.29 is 23.9 Å². The van der Waals surface area contributed by atoms with Crippen LogP contribution in [-0.2, 0) is 4.79 Å². The number of amides is 3. The molecule has 1 aromatic carbocycles. The second-order valence-corrected chi connectivity index (χ2v) is 8.85. The molecular formula is C24H21ClN6O5. The minimum atomic E-state index is -0.965. The lowest BCUT2D eigenvalue weighted by atomic mass is 10.0. The molecule has 1 atom stereocenters. The van der Waals surface area contributed by atoms with Crippen LogP contribution in [0.3, 0.4) is 0 Å². The second kappa shape index (κ2) is 9.70. The molecule has 184 valence electrons. The third-order valence-electron chi connectivity index (χ3n) is 5.88. The highest BCUT2D eigenvalue weighted by molar-refractivity contribution is 6.33. The maximum Gasteiger partial charge on any atom is 0.407 e. The standard InChI is InChI=1S/C24H21ClN6O5/c25-17-4-3-14(28-23(33)19-2-1-7-36-19)9-16(17)21-29-18-10-15(11-26-22(18)30-21)27-20(32)8-13-5-6-31(12-13)24(34)35/h1-4,7,9-11,13H,5-6,8,12H2,(H,27,32)(H,28,33)(H,34,35)(H,26,29,30)/t13-/m1/s1. The molecule has 1 fully saturated rings. The van der Waals surface area contributed by atoms with Gasteiger partial charge >= 0.3 is 6.09 Å². The molecule has 3 aromatic heterocycles. The van der Waals surface area contributed by atoms with Crippen LogP contribution in [0.4, 0.5) is 16.2 Å². The van der Waals surface area contributed by atoms with Crippen LogP contribution in [0.5, 0.6) is 0 Å². The number of fused-ring (bicyclic) bond motifs is 1. The van der Waals surface area contributed by atoms with Gasteiger partial charge in [0.05, 0.1) is 28.7 Å². The van der Waals surface area contributed by atoms with E-state index in [1.807, 2.05) is 0 Å². The monoisotopic (exact) mass is 508 g/mol. The van der Waals surface area contributed by atoms with E-state index in [0.717, 1.165) is 0 Å². The SMILES string of the molecule is O=C(C[C@H]1CCN(C(=O)O)C1)Nc1cnc2nc(-c3cc(NC(=O)c4ccco4)ccc3Cl)[nH]c2c1. The fraction of sp³-hybridized carbons (Fsp3) is 0.208. The molecule has 4 N–H and O–H groups in total. The van der Waals surface area contributed by atoms with Gasteiger partial charge in [0.15, 0.2) is 11.4 Å². The minimum absolute atomic E-state index is 0.0146. The van der Waals surface area contributed by atoms with Gasteiger partial charge in [-0.25, -0.2) is 14.8 Å². The molecule has 1 saturated heterocycles. The van der Waals surface area contributed by atoms with Gasteiger partial charge in [-0.15, -0.1) is 0 Å². The number of H-pyrrole nitrogens is 1. The van der Waals surface area contributed by atoms with E-state index >= 15 is 0 Å². The molecule has 1 aliphatic heterocycles. The highest BCUT2D eigenvalue weighted by Gasteiger charge is 2.27. The lowest BCUT2D eigenvalue weighted by molar-refractivity contribution is -0.117. The largest absolute Gasteiger partial charge is 0.465 e. The molecule has 1 aliphatic rings. The zero-order valence-electron chi connectivity index (χ0n) is 18.8. The molecule has 12 heteroatoms. The Balaban J connectivity index is 1.29. The van der Waals surface area contributed by atoms with Crippen LogP contribution in [0.1, 0.15) is 23.4 Å². The number of hydrogen-bond donors (Lipinski definition) is 4. The maximum atomic E-state index is 12.5. The van der Waals surface area contributed by atoms with Crippen LogP contribution in [-0.4, -0.2) is 56.0 Å². The number of pyridine rings is 1. The zero-order valence-corrected chi connectivity index (χ0v) is 19.6. The first-order valence-corrected chi connectivity index (χ1v) is 11.5. The van der Waals surface area contributed by atoms with Crippen molar-refractivity contribution in [1.82, 2.24) is 19.9 Å². The summed E-state index contributed by atoms with van der Waals surface area (Å²) < 4.78 is 5.12. The summed E-state index contributed by atoms with van der Waals surface area (Å²) in [6.07, 6.45) is 2.84. The van der Waals surface area contributed by atoms with Crippen LogP contribution < -0.4 is 10.6 Å². The number of carbonyl (C=O) groups excluding carboxylic acids is 2. The number of anilines is 2. The summed E-state index contributed by atoms with van der Waals surface area (Å²) in [7, 11) is 0. The number of carboxylic acid groups (broad SMARTS) is 1. The quantitative estimate of drug-likeness (QED) is 0.300.